The Morgan fingerprint density at radius 3 is 2.31 bits per heavy atom. The zero-order chi connectivity index (χ0) is 38.8. The van der Waals surface area contributed by atoms with Gasteiger partial charge in [0.25, 0.3) is 0 Å². The van der Waals surface area contributed by atoms with E-state index in [2.05, 4.69) is 0 Å². The van der Waals surface area contributed by atoms with Gasteiger partial charge in [0, 0.05) is 47.8 Å². The molecule has 1 aliphatic heterocycles. The number of benzene rings is 4. The Morgan fingerprint density at radius 1 is 0.870 bits per heavy atom. The Hall–Kier alpha value is -5.25. The fourth-order valence-electron chi connectivity index (χ4n) is 6.75. The minimum atomic E-state index is -1.73. The average Bonchev–Trinajstić information content (AvgIpc) is 3.14. The van der Waals surface area contributed by atoms with Crippen LogP contribution in [-0.4, -0.2) is 80.4 Å². The summed E-state index contributed by atoms with van der Waals surface area (Å²) < 4.78 is 17.3. The van der Waals surface area contributed by atoms with Gasteiger partial charge < -0.3 is 51.2 Å². The number of hydrogen-bond donors (Lipinski definition) is 7. The van der Waals surface area contributed by atoms with Crippen molar-refractivity contribution in [3.63, 3.8) is 0 Å². The second kappa shape index (κ2) is 16.0. The first kappa shape index (κ1) is 38.5. The second-order valence-corrected chi connectivity index (χ2v) is 13.4. The van der Waals surface area contributed by atoms with Crippen LogP contribution in [-0.2, 0) is 22.4 Å². The first-order valence-electron chi connectivity index (χ1n) is 17.5. The highest BCUT2D eigenvalue weighted by molar-refractivity contribution is 6.31. The molecule has 0 unspecified atom stereocenters. The summed E-state index contributed by atoms with van der Waals surface area (Å²) in [5.41, 5.74) is 14.3. The van der Waals surface area contributed by atoms with Crippen LogP contribution in [0.2, 0.25) is 0 Å². The Labute approximate surface area is 311 Å². The lowest BCUT2D eigenvalue weighted by Gasteiger charge is -2.39. The topological polar surface area (TPSA) is 232 Å². The molecule has 9 N–H and O–H groups in total. The number of phenolic OH excluding ortho intramolecular Hbond substituents is 1. The van der Waals surface area contributed by atoms with Crippen molar-refractivity contribution in [2.45, 2.75) is 70.0 Å². The number of aliphatic hydroxyl groups excluding tert-OH is 4. The van der Waals surface area contributed by atoms with E-state index in [9.17, 15) is 39.9 Å². The van der Waals surface area contributed by atoms with Crippen molar-refractivity contribution in [2.24, 2.45) is 11.5 Å². The molecule has 4 aromatic rings. The molecule has 1 fully saturated rings. The number of esters is 1. The third kappa shape index (κ3) is 7.70. The Kier molecular flexibility index (Phi) is 11.4. The minimum Gasteiger partial charge on any atom is -0.507 e. The summed E-state index contributed by atoms with van der Waals surface area (Å²) in [6.45, 7) is 2.72. The smallest absolute Gasteiger partial charge is 0.308 e. The quantitative estimate of drug-likeness (QED) is 0.0448. The fraction of sp³-hybridized carbons (Fsp3) is 0.293. The van der Waals surface area contributed by atoms with Crippen LogP contribution in [0.4, 0.5) is 0 Å². The van der Waals surface area contributed by atoms with Crippen molar-refractivity contribution in [2.75, 3.05) is 6.61 Å². The highest BCUT2D eigenvalue weighted by Crippen LogP contribution is 2.44. The van der Waals surface area contributed by atoms with Gasteiger partial charge in [-0.05, 0) is 66.3 Å². The van der Waals surface area contributed by atoms with E-state index in [1.807, 2.05) is 24.3 Å². The summed E-state index contributed by atoms with van der Waals surface area (Å²) in [5.74, 6) is -2.72. The summed E-state index contributed by atoms with van der Waals surface area (Å²) in [4.78, 5) is 41.1. The summed E-state index contributed by atoms with van der Waals surface area (Å²) in [5, 5.41) is 52.8. The molecule has 4 aromatic carbocycles. The normalized spacial score (nSPS) is 20.9. The highest BCUT2D eigenvalue weighted by Gasteiger charge is 2.44. The molecular weight excluding hydrogens is 696 g/mol. The number of aromatic hydroxyl groups is 1. The molecule has 5 atom stereocenters. The van der Waals surface area contributed by atoms with Crippen molar-refractivity contribution >= 4 is 29.7 Å². The number of carbonyl (C=O) groups excluding carboxylic acids is 3. The molecule has 0 amide bonds. The van der Waals surface area contributed by atoms with Crippen LogP contribution < -0.4 is 20.9 Å². The molecule has 54 heavy (non-hydrogen) atoms. The highest BCUT2D eigenvalue weighted by atomic mass is 16.7. The number of hydrogen-bond acceptors (Lipinski definition) is 13. The van der Waals surface area contributed by atoms with E-state index < -0.39 is 60.2 Å². The maximum atomic E-state index is 14.6. The minimum absolute atomic E-state index is 0.0223. The van der Waals surface area contributed by atoms with E-state index in [0.717, 1.165) is 11.1 Å². The van der Waals surface area contributed by atoms with Crippen molar-refractivity contribution < 1.29 is 54.1 Å². The van der Waals surface area contributed by atoms with Crippen molar-refractivity contribution in [3.8, 4) is 17.2 Å². The van der Waals surface area contributed by atoms with Crippen LogP contribution in [0.5, 0.6) is 17.2 Å². The Balaban J connectivity index is 1.49. The van der Waals surface area contributed by atoms with Crippen LogP contribution in [0, 0.1) is 0 Å². The summed E-state index contributed by atoms with van der Waals surface area (Å²) in [7, 11) is 0. The van der Waals surface area contributed by atoms with Gasteiger partial charge in [-0.15, -0.1) is 0 Å². The molecule has 0 radical (unpaired) electrons. The van der Waals surface area contributed by atoms with Gasteiger partial charge in [-0.1, -0.05) is 54.6 Å². The molecule has 6 rings (SSSR count). The molecule has 2 aliphatic rings. The lowest BCUT2D eigenvalue weighted by Crippen LogP contribution is -2.58. The number of ether oxygens (including phenoxy) is 3. The van der Waals surface area contributed by atoms with Gasteiger partial charge in [0.2, 0.25) is 6.29 Å². The maximum Gasteiger partial charge on any atom is 0.308 e. The van der Waals surface area contributed by atoms with Crippen LogP contribution in [0.3, 0.4) is 0 Å². The summed E-state index contributed by atoms with van der Waals surface area (Å²) in [6.07, 6.45) is -3.67. The molecule has 0 bridgehead atoms. The van der Waals surface area contributed by atoms with Crippen molar-refractivity contribution in [1.29, 1.82) is 0 Å². The largest absolute Gasteiger partial charge is 0.507 e. The van der Waals surface area contributed by atoms with Crippen molar-refractivity contribution in [3.05, 3.63) is 122 Å². The third-order valence-electron chi connectivity index (χ3n) is 9.55. The number of fused-ring (bicyclic) bond motifs is 2. The standard InChI is InChI=1S/C41H42N2O11/c1-20-34(46)38(50)39(51)41(52-20)54-31-19-29-33(36(48)28(31)18-24-8-4-10-25(17-24)40(42)43)35(47)27-13-14-30(53-21(2)45)26(32(27)37(29)49)12-11-23-7-3-6-22(16-23)9-5-15-44/h3-4,6-8,10-14,16-17,19-20,34,38-41,44,46,48,50-51H,5,9,15,18,42-43H2,1-2H3/t20-,34-,38-,39-,41-/m1/s1. The Morgan fingerprint density at radius 2 is 1.59 bits per heavy atom. The third-order valence-corrected chi connectivity index (χ3v) is 9.55. The van der Waals surface area contributed by atoms with Crippen LogP contribution in [0.1, 0.15) is 91.7 Å². The van der Waals surface area contributed by atoms with Crippen molar-refractivity contribution in [1.82, 2.24) is 0 Å². The predicted octanol–water partition coefficient (Wildman–Crippen LogP) is 2.90. The number of phenols is 1. The maximum absolute atomic E-state index is 14.6. The van der Waals surface area contributed by atoms with Gasteiger partial charge in [0.05, 0.1) is 17.8 Å². The number of ketones is 2. The molecule has 13 heteroatoms. The van der Waals surface area contributed by atoms with Gasteiger partial charge in [-0.25, -0.2) is 0 Å². The fourth-order valence-corrected chi connectivity index (χ4v) is 6.75. The van der Waals surface area contributed by atoms with E-state index in [1.165, 1.54) is 32.0 Å². The molecule has 0 spiro atoms. The molecule has 0 saturated carbocycles. The number of aryl methyl sites for hydroxylation is 1. The lowest BCUT2D eigenvalue weighted by molar-refractivity contribution is -0.268. The van der Waals surface area contributed by atoms with E-state index in [-0.39, 0.29) is 57.9 Å². The van der Waals surface area contributed by atoms with E-state index >= 15 is 0 Å². The lowest BCUT2D eigenvalue weighted by atomic mass is 9.79. The van der Waals surface area contributed by atoms with Gasteiger partial charge in [-0.3, -0.25) is 14.4 Å². The molecule has 1 saturated heterocycles. The molecule has 13 nitrogen and oxygen atoms in total. The first-order valence-corrected chi connectivity index (χ1v) is 17.5. The Bertz CT molecular complexity index is 2130. The predicted molar refractivity (Wildman–Crippen MR) is 197 cm³/mol. The number of rotatable bonds is 11. The number of nitrogens with two attached hydrogens (primary N) is 2. The first-order chi connectivity index (χ1) is 25.8. The monoisotopic (exact) mass is 738 g/mol. The van der Waals surface area contributed by atoms with E-state index in [0.29, 0.717) is 24.0 Å². The van der Waals surface area contributed by atoms with Crippen LogP contribution >= 0.6 is 0 Å². The molecule has 0 aromatic heterocycles. The molecular formula is C41H42N2O11. The zero-order valence-corrected chi connectivity index (χ0v) is 29.6. The molecule has 282 valence electrons. The van der Waals surface area contributed by atoms with Crippen LogP contribution in [0.15, 0.2) is 66.7 Å². The molecule has 1 aliphatic carbocycles. The van der Waals surface area contributed by atoms with Gasteiger partial charge >= 0.3 is 5.97 Å². The molecule has 1 heterocycles. The van der Waals surface area contributed by atoms with Crippen LogP contribution in [0.25, 0.3) is 12.2 Å². The summed E-state index contributed by atoms with van der Waals surface area (Å²) in [6, 6.07) is 18.4. The van der Waals surface area contributed by atoms with E-state index in [1.54, 1.807) is 36.4 Å². The zero-order valence-electron chi connectivity index (χ0n) is 29.6. The van der Waals surface area contributed by atoms with Gasteiger partial charge in [0.1, 0.15) is 35.6 Å². The van der Waals surface area contributed by atoms with Gasteiger partial charge in [-0.2, -0.15) is 0 Å². The number of aliphatic hydroxyl groups is 4. The second-order valence-electron chi connectivity index (χ2n) is 13.4. The SMILES string of the molecule is CC(=O)Oc1ccc2c(c1C=Cc1cccc(CCCO)c1)C(=O)c1cc(O[C@H]3O[C@H](C)[C@@H](O)[C@@H](O)[C@H]3O)c(Cc3cccc(C(N)N)c3)c(O)c1C2=O. The van der Waals surface area contributed by atoms with E-state index in [4.69, 9.17) is 25.7 Å². The number of carbonyl (C=O) groups is 3. The summed E-state index contributed by atoms with van der Waals surface area (Å²) >= 11 is 0. The van der Waals surface area contributed by atoms with Gasteiger partial charge in [0.15, 0.2) is 11.6 Å². The average molecular weight is 739 g/mol.